The molecule has 9 heteroatoms. The van der Waals surface area contributed by atoms with Crippen molar-refractivity contribution in [3.63, 3.8) is 0 Å². The van der Waals surface area contributed by atoms with Gasteiger partial charge in [-0.25, -0.2) is 4.79 Å². The van der Waals surface area contributed by atoms with Crippen LogP contribution in [0.15, 0.2) is 11.8 Å². The minimum absolute atomic E-state index is 0.255. The molecule has 8 N–H and O–H groups in total. The third-order valence-electron chi connectivity index (χ3n) is 2.93. The van der Waals surface area contributed by atoms with Crippen molar-refractivity contribution in [2.24, 2.45) is 11.5 Å². The van der Waals surface area contributed by atoms with Crippen LogP contribution in [0.1, 0.15) is 6.92 Å². The van der Waals surface area contributed by atoms with E-state index in [0.717, 1.165) is 6.08 Å². The van der Waals surface area contributed by atoms with Crippen molar-refractivity contribution >= 4 is 11.9 Å². The normalized spacial score (nSPS) is 28.9. The van der Waals surface area contributed by atoms with Gasteiger partial charge in [-0.1, -0.05) is 0 Å². The van der Waals surface area contributed by atoms with Crippen LogP contribution in [0.25, 0.3) is 0 Å². The maximum atomic E-state index is 11.2. The van der Waals surface area contributed by atoms with Gasteiger partial charge in [0.05, 0.1) is 18.2 Å². The average molecular weight is 289 g/mol. The van der Waals surface area contributed by atoms with E-state index < -0.39 is 48.0 Å². The summed E-state index contributed by atoms with van der Waals surface area (Å²) in [6, 6.07) is -1.77. The Labute approximate surface area is 115 Å². The monoisotopic (exact) mass is 289 g/mol. The second kappa shape index (κ2) is 6.66. The molecule has 0 spiro atoms. The number of ether oxygens (including phenoxy) is 1. The minimum Gasteiger partial charge on any atom is -0.478 e. The van der Waals surface area contributed by atoms with Crippen LogP contribution in [-0.4, -0.2) is 64.1 Å². The molecule has 0 aromatic rings. The Morgan fingerprint density at radius 2 is 2.10 bits per heavy atom. The zero-order chi connectivity index (χ0) is 15.4. The van der Waals surface area contributed by atoms with Crippen LogP contribution in [0.5, 0.6) is 0 Å². The molecule has 0 saturated heterocycles. The zero-order valence-electron chi connectivity index (χ0n) is 10.9. The largest absolute Gasteiger partial charge is 0.478 e. The number of carboxylic acid groups (broad SMARTS) is 1. The smallest absolute Gasteiger partial charge is 0.370 e. The van der Waals surface area contributed by atoms with Crippen LogP contribution in [-0.2, 0) is 14.3 Å². The van der Waals surface area contributed by atoms with E-state index >= 15 is 0 Å². The van der Waals surface area contributed by atoms with Gasteiger partial charge in [-0.2, -0.15) is 0 Å². The first-order valence-electron chi connectivity index (χ1n) is 5.98. The fraction of sp³-hybridized carbons (Fsp3) is 0.636. The Morgan fingerprint density at radius 3 is 2.55 bits per heavy atom. The number of rotatable bonds is 5. The molecule has 0 radical (unpaired) electrons. The van der Waals surface area contributed by atoms with Gasteiger partial charge in [0.2, 0.25) is 11.7 Å². The maximum absolute atomic E-state index is 11.2. The Bertz CT molecular complexity index is 413. The molecule has 1 heterocycles. The second-order valence-electron chi connectivity index (χ2n) is 4.52. The highest BCUT2D eigenvalue weighted by atomic mass is 16.5. The van der Waals surface area contributed by atoms with E-state index in [4.69, 9.17) is 21.3 Å². The lowest BCUT2D eigenvalue weighted by Crippen LogP contribution is -2.62. The molecule has 0 aliphatic carbocycles. The molecule has 0 aromatic carbocycles. The van der Waals surface area contributed by atoms with E-state index in [-0.39, 0.29) is 6.54 Å². The number of amides is 1. The number of nitrogens with two attached hydrogens (primary N) is 2. The van der Waals surface area contributed by atoms with Crippen LogP contribution in [0, 0.1) is 0 Å². The van der Waals surface area contributed by atoms with Crippen molar-refractivity contribution in [1.82, 2.24) is 5.32 Å². The third-order valence-corrected chi connectivity index (χ3v) is 2.93. The number of hydrogen-bond acceptors (Lipinski definition) is 7. The lowest BCUT2D eigenvalue weighted by molar-refractivity contribution is -0.144. The van der Waals surface area contributed by atoms with Crippen molar-refractivity contribution in [3.8, 4) is 0 Å². The van der Waals surface area contributed by atoms with E-state index in [0.29, 0.717) is 0 Å². The number of carbonyl (C=O) groups is 2. The van der Waals surface area contributed by atoms with Gasteiger partial charge in [0, 0.05) is 13.5 Å². The molecule has 114 valence electrons. The van der Waals surface area contributed by atoms with Crippen LogP contribution in [0.3, 0.4) is 0 Å². The summed E-state index contributed by atoms with van der Waals surface area (Å²) < 4.78 is 5.12. The number of carboxylic acids is 1. The van der Waals surface area contributed by atoms with Crippen molar-refractivity contribution in [1.29, 1.82) is 0 Å². The first-order valence-corrected chi connectivity index (χ1v) is 5.98. The van der Waals surface area contributed by atoms with E-state index in [1.165, 1.54) is 6.92 Å². The number of hydrogen-bond donors (Lipinski definition) is 6. The summed E-state index contributed by atoms with van der Waals surface area (Å²) in [5.74, 6) is -2.24. The number of aliphatic hydroxyl groups excluding tert-OH is 2. The van der Waals surface area contributed by atoms with Gasteiger partial charge in [-0.05, 0) is 6.08 Å². The lowest BCUT2D eigenvalue weighted by atomic mass is 9.92. The van der Waals surface area contributed by atoms with Crippen LogP contribution in [0.2, 0.25) is 0 Å². The van der Waals surface area contributed by atoms with Gasteiger partial charge in [-0.15, -0.1) is 0 Å². The van der Waals surface area contributed by atoms with Gasteiger partial charge in [0.25, 0.3) is 0 Å². The van der Waals surface area contributed by atoms with E-state index in [9.17, 15) is 19.8 Å². The minimum atomic E-state index is -1.49. The summed E-state index contributed by atoms with van der Waals surface area (Å²) in [7, 11) is 0. The van der Waals surface area contributed by atoms with Crippen LogP contribution >= 0.6 is 0 Å². The molecule has 0 aromatic heterocycles. The molecule has 0 fully saturated rings. The quantitative estimate of drug-likeness (QED) is 0.308. The molecule has 0 saturated carbocycles. The molecule has 1 amide bonds. The summed E-state index contributed by atoms with van der Waals surface area (Å²) in [5, 5.41) is 30.9. The number of aliphatic hydroxyl groups is 2. The highest BCUT2D eigenvalue weighted by Gasteiger charge is 2.42. The molecule has 0 bridgehead atoms. The molecule has 1 aliphatic rings. The lowest BCUT2D eigenvalue weighted by Gasteiger charge is -2.38. The summed E-state index contributed by atoms with van der Waals surface area (Å²) in [6.07, 6.45) is -2.92. The first kappa shape index (κ1) is 16.4. The van der Waals surface area contributed by atoms with Crippen molar-refractivity contribution in [3.05, 3.63) is 11.8 Å². The average Bonchev–Trinajstić information content (AvgIpc) is 2.38. The predicted molar refractivity (Wildman–Crippen MR) is 67.2 cm³/mol. The summed E-state index contributed by atoms with van der Waals surface area (Å²) in [6.45, 7) is 0.987. The Morgan fingerprint density at radius 1 is 1.50 bits per heavy atom. The van der Waals surface area contributed by atoms with Crippen molar-refractivity contribution in [2.75, 3.05) is 6.54 Å². The van der Waals surface area contributed by atoms with Gasteiger partial charge in [-0.3, -0.25) is 4.79 Å². The van der Waals surface area contributed by atoms with Crippen LogP contribution < -0.4 is 16.8 Å². The summed E-state index contributed by atoms with van der Waals surface area (Å²) in [5.41, 5.74) is 11.0. The topological polar surface area (TPSA) is 168 Å². The third kappa shape index (κ3) is 3.67. The zero-order valence-corrected chi connectivity index (χ0v) is 10.9. The molecule has 9 nitrogen and oxygen atoms in total. The Hall–Kier alpha value is -1.68. The summed E-state index contributed by atoms with van der Waals surface area (Å²) in [4.78, 5) is 22.1. The number of nitrogens with one attached hydrogen (secondary N) is 1. The predicted octanol–water partition coefficient (Wildman–Crippen LogP) is -3.13. The van der Waals surface area contributed by atoms with Crippen molar-refractivity contribution in [2.45, 2.75) is 37.3 Å². The fourth-order valence-electron chi connectivity index (χ4n) is 1.93. The Kier molecular flexibility index (Phi) is 5.45. The molecule has 1 rings (SSSR count). The Balaban J connectivity index is 3.04. The van der Waals surface area contributed by atoms with Gasteiger partial charge in [0.15, 0.2) is 0 Å². The molecule has 5 atom stereocenters. The molecule has 0 unspecified atom stereocenters. The SMILES string of the molecule is CC(=O)N[C@H]1[C@H]([C@H](O)[C@H](O)CN)OC(C(=O)O)=C[C@@H]1N. The molecule has 20 heavy (non-hydrogen) atoms. The van der Waals surface area contributed by atoms with E-state index in [1.54, 1.807) is 0 Å². The maximum Gasteiger partial charge on any atom is 0.370 e. The van der Waals surface area contributed by atoms with Crippen molar-refractivity contribution < 1.29 is 29.6 Å². The molecular formula is C11H19N3O6. The van der Waals surface area contributed by atoms with E-state index in [1.807, 2.05) is 0 Å². The number of carbonyl (C=O) groups excluding carboxylic acids is 1. The molecule has 1 aliphatic heterocycles. The highest BCUT2D eigenvalue weighted by molar-refractivity contribution is 5.84. The first-order chi connectivity index (χ1) is 9.27. The van der Waals surface area contributed by atoms with Gasteiger partial charge >= 0.3 is 5.97 Å². The second-order valence-corrected chi connectivity index (χ2v) is 4.52. The van der Waals surface area contributed by atoms with Gasteiger partial charge in [0.1, 0.15) is 12.2 Å². The highest BCUT2D eigenvalue weighted by Crippen LogP contribution is 2.21. The molecular weight excluding hydrogens is 270 g/mol. The van der Waals surface area contributed by atoms with E-state index in [2.05, 4.69) is 5.32 Å². The standard InChI is InChI=1S/C11H19N3O6/c1-4(15)14-8-5(13)2-7(11(18)19)20-10(8)9(17)6(16)3-12/h2,5-6,8-10,16-17H,3,12-13H2,1H3,(H,14,15)(H,18,19)/t5-,6+,8+,9+,10+/m0/s1. The summed E-state index contributed by atoms with van der Waals surface area (Å²) >= 11 is 0. The fourth-order valence-corrected chi connectivity index (χ4v) is 1.93. The van der Waals surface area contributed by atoms with Crippen LogP contribution in [0.4, 0.5) is 0 Å². The van der Waals surface area contributed by atoms with Gasteiger partial charge < -0.3 is 36.8 Å². The number of aliphatic carboxylic acids is 1.